The predicted octanol–water partition coefficient (Wildman–Crippen LogP) is 2.12. The van der Waals surface area contributed by atoms with E-state index < -0.39 is 0 Å². The number of nitrogens with one attached hydrogen (secondary N) is 1. The molecule has 0 aliphatic carbocycles. The van der Waals surface area contributed by atoms with E-state index in [0.29, 0.717) is 23.9 Å². The molecule has 0 spiro atoms. The van der Waals surface area contributed by atoms with Crippen LogP contribution in [0.1, 0.15) is 18.3 Å². The molecule has 1 aromatic heterocycles. The second-order valence-electron chi connectivity index (χ2n) is 6.10. The number of benzene rings is 2. The van der Waals surface area contributed by atoms with Gasteiger partial charge in [-0.3, -0.25) is 4.79 Å². The maximum absolute atomic E-state index is 12.2. The van der Waals surface area contributed by atoms with Gasteiger partial charge in [0.1, 0.15) is 5.75 Å². The Morgan fingerprint density at radius 2 is 2.03 bits per heavy atom. The standard InChI is InChI=1S/C20H19N5O4/c1-2-27-16-7-5-15(6-8-16)25-19(22-23-24-25)12-21-20(26)10-4-14-3-9-17-18(11-14)29-13-28-17/h3-11H,2,12-13H2,1H3,(H,21,26)/b10-4-. The summed E-state index contributed by atoms with van der Waals surface area (Å²) < 4.78 is 17.6. The normalized spacial score (nSPS) is 12.3. The second-order valence-corrected chi connectivity index (χ2v) is 6.10. The van der Waals surface area contributed by atoms with Crippen LogP contribution in [-0.4, -0.2) is 39.5 Å². The quantitative estimate of drug-likeness (QED) is 0.614. The minimum Gasteiger partial charge on any atom is -0.494 e. The maximum atomic E-state index is 12.2. The largest absolute Gasteiger partial charge is 0.494 e. The van der Waals surface area contributed by atoms with Gasteiger partial charge in [-0.2, -0.15) is 4.68 Å². The van der Waals surface area contributed by atoms with Gasteiger partial charge < -0.3 is 19.5 Å². The average Bonchev–Trinajstić information content (AvgIpc) is 3.40. The van der Waals surface area contributed by atoms with Crippen molar-refractivity contribution < 1.29 is 19.0 Å². The number of fused-ring (bicyclic) bond motifs is 1. The van der Waals surface area contributed by atoms with Crippen LogP contribution in [0.4, 0.5) is 0 Å². The summed E-state index contributed by atoms with van der Waals surface area (Å²) in [5.41, 5.74) is 1.61. The molecule has 1 N–H and O–H groups in total. The molecule has 4 rings (SSSR count). The average molecular weight is 393 g/mol. The second kappa shape index (κ2) is 8.42. The molecule has 1 amide bonds. The Bertz CT molecular complexity index is 1030. The molecule has 1 aliphatic rings. The fraction of sp³-hybridized carbons (Fsp3) is 0.200. The molecule has 1 aliphatic heterocycles. The third-order valence-corrected chi connectivity index (χ3v) is 4.17. The number of carbonyl (C=O) groups is 1. The third kappa shape index (κ3) is 4.34. The molecule has 29 heavy (non-hydrogen) atoms. The lowest BCUT2D eigenvalue weighted by molar-refractivity contribution is -0.116. The van der Waals surface area contributed by atoms with E-state index in [1.807, 2.05) is 49.4 Å². The molecule has 0 atom stereocenters. The van der Waals surface area contributed by atoms with Crippen LogP contribution in [0.3, 0.4) is 0 Å². The predicted molar refractivity (Wildman–Crippen MR) is 104 cm³/mol. The Labute approximate surface area is 166 Å². The number of nitrogens with zero attached hydrogens (tertiary/aromatic N) is 4. The fourth-order valence-corrected chi connectivity index (χ4v) is 2.78. The minimum absolute atomic E-state index is 0.185. The molecule has 0 saturated heterocycles. The summed E-state index contributed by atoms with van der Waals surface area (Å²) in [5.74, 6) is 2.39. The van der Waals surface area contributed by atoms with E-state index in [2.05, 4.69) is 20.8 Å². The molecule has 148 valence electrons. The van der Waals surface area contributed by atoms with Crippen molar-refractivity contribution in [2.45, 2.75) is 13.5 Å². The van der Waals surface area contributed by atoms with Crippen LogP contribution >= 0.6 is 0 Å². The van der Waals surface area contributed by atoms with Gasteiger partial charge in [0.05, 0.1) is 18.8 Å². The van der Waals surface area contributed by atoms with Gasteiger partial charge in [-0.1, -0.05) is 6.07 Å². The van der Waals surface area contributed by atoms with E-state index in [-0.39, 0.29) is 19.2 Å². The molecule has 0 unspecified atom stereocenters. The number of rotatable bonds is 7. The summed E-state index contributed by atoms with van der Waals surface area (Å²) in [5, 5.41) is 14.4. The summed E-state index contributed by atoms with van der Waals surface area (Å²) >= 11 is 0. The van der Waals surface area contributed by atoms with Gasteiger partial charge in [-0.15, -0.1) is 5.10 Å². The van der Waals surface area contributed by atoms with Crippen LogP contribution < -0.4 is 19.5 Å². The van der Waals surface area contributed by atoms with E-state index >= 15 is 0 Å². The van der Waals surface area contributed by atoms with Crippen molar-refractivity contribution in [1.29, 1.82) is 0 Å². The molecule has 9 heteroatoms. The van der Waals surface area contributed by atoms with Crippen LogP contribution in [-0.2, 0) is 11.3 Å². The zero-order valence-corrected chi connectivity index (χ0v) is 15.7. The summed E-state index contributed by atoms with van der Waals surface area (Å²) in [6.45, 7) is 2.93. The van der Waals surface area contributed by atoms with Crippen molar-refractivity contribution in [1.82, 2.24) is 25.5 Å². The van der Waals surface area contributed by atoms with Crippen molar-refractivity contribution in [3.8, 4) is 22.9 Å². The van der Waals surface area contributed by atoms with Gasteiger partial charge in [0.2, 0.25) is 12.7 Å². The van der Waals surface area contributed by atoms with Crippen LogP contribution in [0.2, 0.25) is 0 Å². The van der Waals surface area contributed by atoms with E-state index in [4.69, 9.17) is 14.2 Å². The van der Waals surface area contributed by atoms with Gasteiger partial charge in [0, 0.05) is 6.08 Å². The van der Waals surface area contributed by atoms with Gasteiger partial charge >= 0.3 is 0 Å². The molecular weight excluding hydrogens is 374 g/mol. The van der Waals surface area contributed by atoms with E-state index in [0.717, 1.165) is 17.0 Å². The molecule has 2 aromatic carbocycles. The van der Waals surface area contributed by atoms with Crippen LogP contribution in [0, 0.1) is 0 Å². The monoisotopic (exact) mass is 393 g/mol. The van der Waals surface area contributed by atoms with E-state index in [9.17, 15) is 4.79 Å². The number of hydrogen-bond donors (Lipinski definition) is 1. The number of carbonyl (C=O) groups excluding carboxylic acids is 1. The van der Waals surface area contributed by atoms with Gasteiger partial charge in [0.25, 0.3) is 0 Å². The topological polar surface area (TPSA) is 100 Å². The number of hydrogen-bond acceptors (Lipinski definition) is 7. The van der Waals surface area contributed by atoms with Crippen LogP contribution in [0.25, 0.3) is 11.8 Å². The molecule has 2 heterocycles. The number of ether oxygens (including phenoxy) is 3. The molecular formula is C20H19N5O4. The Morgan fingerprint density at radius 3 is 2.86 bits per heavy atom. The minimum atomic E-state index is -0.260. The zero-order valence-electron chi connectivity index (χ0n) is 15.7. The Morgan fingerprint density at radius 1 is 1.21 bits per heavy atom. The van der Waals surface area contributed by atoms with Gasteiger partial charge in [0.15, 0.2) is 17.3 Å². The van der Waals surface area contributed by atoms with E-state index in [1.165, 1.54) is 6.08 Å². The first-order valence-corrected chi connectivity index (χ1v) is 9.09. The number of tetrazole rings is 1. The first kappa shape index (κ1) is 18.5. The highest BCUT2D eigenvalue weighted by atomic mass is 16.7. The summed E-state index contributed by atoms with van der Waals surface area (Å²) in [6.07, 6.45) is 3.15. The fourth-order valence-electron chi connectivity index (χ4n) is 2.78. The van der Waals surface area contributed by atoms with Gasteiger partial charge in [-0.05, 0) is 65.4 Å². The highest BCUT2D eigenvalue weighted by Crippen LogP contribution is 2.32. The molecule has 0 fully saturated rings. The Balaban J connectivity index is 1.37. The van der Waals surface area contributed by atoms with Gasteiger partial charge in [-0.25, -0.2) is 0 Å². The molecule has 3 aromatic rings. The third-order valence-electron chi connectivity index (χ3n) is 4.17. The van der Waals surface area contributed by atoms with Crippen molar-refractivity contribution in [3.05, 3.63) is 59.9 Å². The Kier molecular flexibility index (Phi) is 5.37. The zero-order chi connectivity index (χ0) is 20.1. The number of aromatic nitrogens is 4. The van der Waals surface area contributed by atoms with Crippen molar-refractivity contribution in [3.63, 3.8) is 0 Å². The van der Waals surface area contributed by atoms with Crippen LogP contribution in [0.15, 0.2) is 48.5 Å². The lowest BCUT2D eigenvalue weighted by atomic mass is 10.2. The van der Waals surface area contributed by atoms with Crippen LogP contribution in [0.5, 0.6) is 17.2 Å². The summed E-state index contributed by atoms with van der Waals surface area (Å²) in [4.78, 5) is 12.2. The highest BCUT2D eigenvalue weighted by Gasteiger charge is 2.12. The first-order valence-electron chi connectivity index (χ1n) is 9.09. The van der Waals surface area contributed by atoms with Crippen molar-refractivity contribution in [2.24, 2.45) is 0 Å². The summed E-state index contributed by atoms with van der Waals surface area (Å²) in [6, 6.07) is 12.9. The molecule has 0 bridgehead atoms. The lowest BCUT2D eigenvalue weighted by Crippen LogP contribution is -2.22. The first-order chi connectivity index (χ1) is 14.2. The Hall–Kier alpha value is -3.88. The molecule has 0 saturated carbocycles. The molecule has 0 radical (unpaired) electrons. The smallest absolute Gasteiger partial charge is 0.244 e. The summed E-state index contributed by atoms with van der Waals surface area (Å²) in [7, 11) is 0. The molecule has 9 nitrogen and oxygen atoms in total. The van der Waals surface area contributed by atoms with Crippen molar-refractivity contribution in [2.75, 3.05) is 13.4 Å². The lowest BCUT2D eigenvalue weighted by Gasteiger charge is -2.07. The maximum Gasteiger partial charge on any atom is 0.244 e. The van der Waals surface area contributed by atoms with E-state index in [1.54, 1.807) is 10.8 Å². The SMILES string of the molecule is CCOc1ccc(-n2nnnc2CNC(=O)/C=C\c2ccc3c(c2)OCO3)cc1. The number of amides is 1. The van der Waals surface area contributed by atoms with Crippen molar-refractivity contribution >= 4 is 12.0 Å². The highest BCUT2D eigenvalue weighted by molar-refractivity contribution is 5.91.